The van der Waals surface area contributed by atoms with Crippen LogP contribution in [0.1, 0.15) is 15.2 Å². The number of aliphatic imine (C=N–C) groups is 1. The van der Waals surface area contributed by atoms with E-state index >= 15 is 0 Å². The highest BCUT2D eigenvalue weighted by Crippen LogP contribution is 2.39. The number of benzene rings is 2. The molecule has 1 amide bonds. The quantitative estimate of drug-likeness (QED) is 0.271. The van der Waals surface area contributed by atoms with Gasteiger partial charge in [0.25, 0.3) is 5.91 Å². The van der Waals surface area contributed by atoms with Gasteiger partial charge in [0.2, 0.25) is 0 Å². The van der Waals surface area contributed by atoms with Crippen LogP contribution in [-0.4, -0.2) is 24.2 Å². The number of thiophene rings is 1. The van der Waals surface area contributed by atoms with Crippen LogP contribution in [0.2, 0.25) is 0 Å². The van der Waals surface area contributed by atoms with Crippen molar-refractivity contribution < 1.29 is 19.1 Å². The number of carbonyl (C=O) groups excluding carboxylic acids is 2. The lowest BCUT2D eigenvalue weighted by Gasteiger charge is -2.12. The predicted molar refractivity (Wildman–Crippen MR) is 127 cm³/mol. The number of amides is 1. The third-order valence-electron chi connectivity index (χ3n) is 4.10. The number of methoxy groups -OCH3 is 1. The van der Waals surface area contributed by atoms with Crippen molar-refractivity contribution in [1.29, 1.82) is 0 Å². The van der Waals surface area contributed by atoms with Gasteiger partial charge in [0.05, 0.1) is 22.2 Å². The fraction of sp³-hybridized carbons (Fsp3) is 0.0455. The Labute approximate surface area is 195 Å². The average molecular weight is 515 g/mol. The number of para-hydroxylation sites is 1. The number of esters is 1. The number of hydrogen-bond acceptors (Lipinski definition) is 7. The van der Waals surface area contributed by atoms with Gasteiger partial charge in [-0.2, -0.15) is 0 Å². The first-order valence-electron chi connectivity index (χ1n) is 9.01. The molecule has 0 spiro atoms. The monoisotopic (exact) mass is 514 g/mol. The van der Waals surface area contributed by atoms with Crippen molar-refractivity contribution in [1.82, 2.24) is 5.32 Å². The second kappa shape index (κ2) is 9.51. The summed E-state index contributed by atoms with van der Waals surface area (Å²) in [4.78, 5) is 30.1. The van der Waals surface area contributed by atoms with Gasteiger partial charge in [-0.15, -0.1) is 11.3 Å². The number of hydrogen-bond donors (Lipinski definition) is 1. The molecule has 1 N–H and O–H groups in total. The molecular formula is C22H15BrN2O4S2. The lowest BCUT2D eigenvalue weighted by molar-refractivity contribution is -0.115. The summed E-state index contributed by atoms with van der Waals surface area (Å²) in [6, 6.07) is 16.3. The summed E-state index contributed by atoms with van der Waals surface area (Å²) in [5.74, 6) is -0.0545. The topological polar surface area (TPSA) is 77.0 Å². The lowest BCUT2D eigenvalue weighted by atomic mass is 10.2. The largest absolute Gasteiger partial charge is 0.493 e. The highest BCUT2D eigenvalue weighted by Gasteiger charge is 2.24. The molecule has 1 aliphatic rings. The van der Waals surface area contributed by atoms with E-state index < -0.39 is 5.97 Å². The second-order valence-electron chi connectivity index (χ2n) is 6.22. The fourth-order valence-electron chi connectivity index (χ4n) is 2.71. The van der Waals surface area contributed by atoms with Gasteiger partial charge in [-0.1, -0.05) is 24.3 Å². The number of carbonyl (C=O) groups is 2. The van der Waals surface area contributed by atoms with E-state index in [1.807, 2.05) is 30.3 Å². The Bertz CT molecular complexity index is 1190. The Kier molecular flexibility index (Phi) is 6.55. The van der Waals surface area contributed by atoms with Crippen LogP contribution in [0.3, 0.4) is 0 Å². The minimum atomic E-state index is -0.465. The van der Waals surface area contributed by atoms with Crippen LogP contribution in [0.5, 0.6) is 11.5 Å². The number of halogens is 1. The Hall–Kier alpha value is -2.88. The molecule has 0 aliphatic carbocycles. The molecular weight excluding hydrogens is 500 g/mol. The molecule has 1 aromatic heterocycles. The van der Waals surface area contributed by atoms with Crippen molar-refractivity contribution in [3.8, 4) is 11.5 Å². The highest BCUT2D eigenvalue weighted by atomic mass is 79.9. The molecule has 1 saturated heterocycles. The van der Waals surface area contributed by atoms with Crippen LogP contribution in [0.25, 0.3) is 6.08 Å². The Morgan fingerprint density at radius 2 is 1.97 bits per heavy atom. The highest BCUT2D eigenvalue weighted by molar-refractivity contribution is 9.10. The van der Waals surface area contributed by atoms with E-state index in [9.17, 15) is 9.59 Å². The molecule has 9 heteroatoms. The minimum absolute atomic E-state index is 0.233. The van der Waals surface area contributed by atoms with Gasteiger partial charge in [0.1, 0.15) is 4.88 Å². The third kappa shape index (κ3) is 5.07. The van der Waals surface area contributed by atoms with Crippen molar-refractivity contribution >= 4 is 67.8 Å². The third-order valence-corrected chi connectivity index (χ3v) is 6.45. The van der Waals surface area contributed by atoms with E-state index in [1.165, 1.54) is 30.2 Å². The molecule has 156 valence electrons. The predicted octanol–water partition coefficient (Wildman–Crippen LogP) is 5.63. The minimum Gasteiger partial charge on any atom is -0.493 e. The summed E-state index contributed by atoms with van der Waals surface area (Å²) in [6.07, 6.45) is 1.73. The standard InChI is InChI=1S/C22H15BrN2O4S2/c1-28-16-11-13(10-15(23)19(16)29-21(27)17-8-5-9-30-17)12-18-20(26)25-22(31-18)24-14-6-3-2-4-7-14/h2-12H,1H3,(H,24,25,26)/b18-12+. The number of ether oxygens (including phenoxy) is 2. The van der Waals surface area contributed by atoms with Crippen LogP contribution in [-0.2, 0) is 4.79 Å². The maximum absolute atomic E-state index is 12.4. The van der Waals surface area contributed by atoms with Crippen LogP contribution < -0.4 is 14.8 Å². The van der Waals surface area contributed by atoms with Crippen molar-refractivity contribution in [2.24, 2.45) is 4.99 Å². The van der Waals surface area contributed by atoms with Crippen LogP contribution >= 0.6 is 39.0 Å². The summed E-state index contributed by atoms with van der Waals surface area (Å²) in [5, 5.41) is 5.08. The molecule has 0 radical (unpaired) electrons. The van der Waals surface area contributed by atoms with Gasteiger partial charge in [-0.25, -0.2) is 9.79 Å². The number of thioether (sulfide) groups is 1. The Morgan fingerprint density at radius 3 is 2.68 bits per heavy atom. The summed E-state index contributed by atoms with van der Waals surface area (Å²) in [6.45, 7) is 0. The summed E-state index contributed by atoms with van der Waals surface area (Å²) in [5.41, 5.74) is 1.46. The van der Waals surface area contributed by atoms with Crippen molar-refractivity contribution in [2.45, 2.75) is 0 Å². The Morgan fingerprint density at radius 1 is 1.16 bits per heavy atom. The molecule has 0 saturated carbocycles. The molecule has 2 heterocycles. The summed E-state index contributed by atoms with van der Waals surface area (Å²) in [7, 11) is 1.49. The molecule has 1 fully saturated rings. The van der Waals surface area contributed by atoms with Crippen molar-refractivity contribution in [2.75, 3.05) is 7.11 Å². The maximum Gasteiger partial charge on any atom is 0.353 e. The number of nitrogens with zero attached hydrogens (tertiary/aromatic N) is 1. The van der Waals surface area contributed by atoms with Gasteiger partial charge in [0, 0.05) is 0 Å². The van der Waals surface area contributed by atoms with Gasteiger partial charge >= 0.3 is 5.97 Å². The lowest BCUT2D eigenvalue weighted by Crippen LogP contribution is -2.19. The number of amidine groups is 1. The van der Waals surface area contributed by atoms with Crippen LogP contribution in [0, 0.1) is 0 Å². The van der Waals surface area contributed by atoms with E-state index in [4.69, 9.17) is 9.47 Å². The molecule has 0 atom stereocenters. The normalized spacial score (nSPS) is 15.9. The molecule has 6 nitrogen and oxygen atoms in total. The molecule has 3 aromatic rings. The van der Waals surface area contributed by atoms with E-state index in [-0.39, 0.29) is 11.7 Å². The Balaban J connectivity index is 1.58. The van der Waals surface area contributed by atoms with Gasteiger partial charge in [-0.05, 0) is 75.0 Å². The molecule has 0 unspecified atom stereocenters. The van der Waals surface area contributed by atoms with Crippen LogP contribution in [0.4, 0.5) is 5.69 Å². The molecule has 31 heavy (non-hydrogen) atoms. The van der Waals surface area contributed by atoms with Gasteiger partial charge in [0.15, 0.2) is 16.7 Å². The van der Waals surface area contributed by atoms with E-state index in [0.717, 1.165) is 5.69 Å². The van der Waals surface area contributed by atoms with Crippen molar-refractivity contribution in [3.05, 3.63) is 79.8 Å². The first-order valence-corrected chi connectivity index (χ1v) is 11.5. The first kappa shape index (κ1) is 21.4. The smallest absolute Gasteiger partial charge is 0.353 e. The van der Waals surface area contributed by atoms with Gasteiger partial charge < -0.3 is 14.8 Å². The summed E-state index contributed by atoms with van der Waals surface area (Å²) >= 11 is 5.98. The van der Waals surface area contributed by atoms with E-state index in [0.29, 0.717) is 30.7 Å². The zero-order valence-corrected chi connectivity index (χ0v) is 19.3. The van der Waals surface area contributed by atoms with Crippen molar-refractivity contribution in [3.63, 3.8) is 0 Å². The SMILES string of the molecule is COc1cc(/C=C2/SC(=Nc3ccccc3)NC2=O)cc(Br)c1OC(=O)c1cccs1. The first-order chi connectivity index (χ1) is 15.0. The van der Waals surface area contributed by atoms with E-state index in [1.54, 1.807) is 35.7 Å². The van der Waals surface area contributed by atoms with E-state index in [2.05, 4.69) is 26.2 Å². The average Bonchev–Trinajstić information content (AvgIpc) is 3.41. The fourth-order valence-corrected chi connectivity index (χ4v) is 4.69. The van der Waals surface area contributed by atoms with Crippen LogP contribution in [0.15, 0.2) is 74.3 Å². The second-order valence-corrected chi connectivity index (χ2v) is 9.05. The summed E-state index contributed by atoms with van der Waals surface area (Å²) < 4.78 is 11.5. The zero-order chi connectivity index (χ0) is 21.8. The molecule has 2 aromatic carbocycles. The maximum atomic E-state index is 12.4. The number of rotatable bonds is 5. The van der Waals surface area contributed by atoms with Gasteiger partial charge in [-0.3, -0.25) is 4.79 Å². The molecule has 1 aliphatic heterocycles. The zero-order valence-electron chi connectivity index (χ0n) is 16.1. The molecule has 4 rings (SSSR count). The number of nitrogens with one attached hydrogen (secondary N) is 1. The molecule has 0 bridgehead atoms.